The van der Waals surface area contributed by atoms with Gasteiger partial charge in [0.05, 0.1) is 0 Å². The lowest BCUT2D eigenvalue weighted by molar-refractivity contribution is 0.102. The lowest BCUT2D eigenvalue weighted by Crippen LogP contribution is -2.13. The molecule has 6 nitrogen and oxygen atoms in total. The lowest BCUT2D eigenvalue weighted by Gasteiger charge is -2.06. The number of benzene rings is 1. The second-order valence-electron chi connectivity index (χ2n) is 5.98. The molecule has 1 aliphatic carbocycles. The van der Waals surface area contributed by atoms with Gasteiger partial charge in [-0.15, -0.1) is 0 Å². The molecule has 0 unspecified atom stereocenters. The second kappa shape index (κ2) is 5.80. The summed E-state index contributed by atoms with van der Waals surface area (Å²) in [5.74, 6) is -0.352. The van der Waals surface area contributed by atoms with Crippen LogP contribution in [0.3, 0.4) is 0 Å². The highest BCUT2D eigenvalue weighted by Gasteiger charge is 2.28. The van der Waals surface area contributed by atoms with Gasteiger partial charge in [0, 0.05) is 29.4 Å². The number of amides is 1. The normalized spacial score (nSPS) is 14.2. The van der Waals surface area contributed by atoms with Crippen LogP contribution in [0, 0.1) is 0 Å². The SMILES string of the molecule is O=C(Nc1cccc(O)c1)c1cc2nc(C3CC3)cc(C(F)F)n2n1. The number of carbonyl (C=O) groups excluding carboxylic acids is 1. The molecule has 2 N–H and O–H groups in total. The van der Waals surface area contributed by atoms with Crippen LogP contribution in [0.15, 0.2) is 36.4 Å². The molecule has 0 radical (unpaired) electrons. The minimum Gasteiger partial charge on any atom is -0.508 e. The molecule has 0 saturated heterocycles. The monoisotopic (exact) mass is 344 g/mol. The van der Waals surface area contributed by atoms with Crippen LogP contribution < -0.4 is 5.32 Å². The van der Waals surface area contributed by atoms with Crippen molar-refractivity contribution in [2.75, 3.05) is 5.32 Å². The number of halogens is 2. The summed E-state index contributed by atoms with van der Waals surface area (Å²) in [7, 11) is 0. The first kappa shape index (κ1) is 15.5. The first-order valence-electron chi connectivity index (χ1n) is 7.80. The van der Waals surface area contributed by atoms with Gasteiger partial charge >= 0.3 is 0 Å². The molecule has 8 heteroatoms. The van der Waals surface area contributed by atoms with Gasteiger partial charge in [0.25, 0.3) is 12.3 Å². The molecular formula is C17H14F2N4O2. The van der Waals surface area contributed by atoms with Crippen molar-refractivity contribution in [2.45, 2.75) is 25.2 Å². The number of hydrogen-bond acceptors (Lipinski definition) is 4. The fourth-order valence-electron chi connectivity index (χ4n) is 2.65. The largest absolute Gasteiger partial charge is 0.508 e. The van der Waals surface area contributed by atoms with Crippen LogP contribution in [-0.4, -0.2) is 25.6 Å². The van der Waals surface area contributed by atoms with E-state index in [9.17, 15) is 18.7 Å². The van der Waals surface area contributed by atoms with Gasteiger partial charge in [-0.3, -0.25) is 4.79 Å². The fourth-order valence-corrected chi connectivity index (χ4v) is 2.65. The molecule has 1 fully saturated rings. The molecule has 0 spiro atoms. The quantitative estimate of drug-likeness (QED) is 0.759. The Hall–Kier alpha value is -3.03. The Kier molecular flexibility index (Phi) is 3.60. The number of aromatic nitrogens is 3. The number of hydrogen-bond donors (Lipinski definition) is 2. The van der Waals surface area contributed by atoms with Crippen LogP contribution in [0.2, 0.25) is 0 Å². The summed E-state index contributed by atoms with van der Waals surface area (Å²) in [5, 5.41) is 16.0. The zero-order valence-corrected chi connectivity index (χ0v) is 13.0. The molecule has 0 aliphatic heterocycles. The Morgan fingerprint density at radius 3 is 2.76 bits per heavy atom. The first-order chi connectivity index (χ1) is 12.0. The third-order valence-corrected chi connectivity index (χ3v) is 4.03. The van der Waals surface area contributed by atoms with Crippen LogP contribution in [0.4, 0.5) is 14.5 Å². The van der Waals surface area contributed by atoms with E-state index in [1.807, 2.05) is 0 Å². The maximum Gasteiger partial charge on any atom is 0.280 e. The van der Waals surface area contributed by atoms with Crippen LogP contribution in [0.1, 0.15) is 47.1 Å². The van der Waals surface area contributed by atoms with E-state index in [4.69, 9.17) is 0 Å². The molecule has 1 saturated carbocycles. The van der Waals surface area contributed by atoms with Crippen molar-refractivity contribution in [3.05, 3.63) is 53.5 Å². The van der Waals surface area contributed by atoms with Crippen molar-refractivity contribution >= 4 is 17.2 Å². The van der Waals surface area contributed by atoms with E-state index in [1.54, 1.807) is 12.1 Å². The molecule has 1 aromatic carbocycles. The van der Waals surface area contributed by atoms with Gasteiger partial charge < -0.3 is 10.4 Å². The number of carbonyl (C=O) groups is 1. The van der Waals surface area contributed by atoms with Gasteiger partial charge in [0.1, 0.15) is 11.4 Å². The minimum absolute atomic E-state index is 0.00327. The van der Waals surface area contributed by atoms with Crippen molar-refractivity contribution < 1.29 is 18.7 Å². The molecular weight excluding hydrogens is 330 g/mol. The van der Waals surface area contributed by atoms with Crippen LogP contribution in [0.5, 0.6) is 5.75 Å². The number of nitrogens with zero attached hydrogens (tertiary/aromatic N) is 3. The summed E-state index contributed by atoms with van der Waals surface area (Å²) in [4.78, 5) is 16.7. The zero-order chi connectivity index (χ0) is 17.6. The minimum atomic E-state index is -2.72. The number of nitrogens with one attached hydrogen (secondary N) is 1. The van der Waals surface area contributed by atoms with E-state index in [2.05, 4.69) is 15.4 Å². The molecule has 1 aliphatic rings. The number of anilines is 1. The summed E-state index contributed by atoms with van der Waals surface area (Å²) in [5.41, 5.74) is 0.917. The predicted molar refractivity (Wildman–Crippen MR) is 86.0 cm³/mol. The molecule has 0 bridgehead atoms. The summed E-state index contributed by atoms with van der Waals surface area (Å²) in [6, 6.07) is 8.77. The fraction of sp³-hybridized carbons (Fsp3) is 0.235. The van der Waals surface area contributed by atoms with Gasteiger partial charge in [-0.1, -0.05) is 6.07 Å². The first-order valence-corrected chi connectivity index (χ1v) is 7.80. The summed E-state index contributed by atoms with van der Waals surface area (Å²) in [6.45, 7) is 0. The van der Waals surface area contributed by atoms with Gasteiger partial charge in [-0.2, -0.15) is 5.10 Å². The number of alkyl halides is 2. The molecule has 1 amide bonds. The highest BCUT2D eigenvalue weighted by molar-refractivity contribution is 6.03. The van der Waals surface area contributed by atoms with Crippen LogP contribution in [0.25, 0.3) is 5.65 Å². The molecule has 3 aromatic rings. The molecule has 128 valence electrons. The Morgan fingerprint density at radius 1 is 1.28 bits per heavy atom. The molecule has 25 heavy (non-hydrogen) atoms. The van der Waals surface area contributed by atoms with Crippen molar-refractivity contribution in [3.8, 4) is 5.75 Å². The van der Waals surface area contributed by atoms with Crippen molar-refractivity contribution in [1.29, 1.82) is 0 Å². The predicted octanol–water partition coefficient (Wildman–Crippen LogP) is 3.50. The maximum atomic E-state index is 13.3. The van der Waals surface area contributed by atoms with E-state index in [1.165, 1.54) is 24.3 Å². The number of phenols is 1. The van der Waals surface area contributed by atoms with Gasteiger partial charge in [-0.05, 0) is 31.0 Å². The highest BCUT2D eigenvalue weighted by atomic mass is 19.3. The molecule has 0 atom stereocenters. The van der Waals surface area contributed by atoms with Crippen molar-refractivity contribution in [2.24, 2.45) is 0 Å². The molecule has 4 rings (SSSR count). The van der Waals surface area contributed by atoms with Crippen LogP contribution >= 0.6 is 0 Å². The van der Waals surface area contributed by atoms with E-state index in [-0.39, 0.29) is 28.7 Å². The third-order valence-electron chi connectivity index (χ3n) is 4.03. The number of phenolic OH excluding ortho intramolecular Hbond substituents is 1. The van der Waals surface area contributed by atoms with Gasteiger partial charge in [-0.25, -0.2) is 18.3 Å². The Balaban J connectivity index is 1.70. The Labute approximate surface area is 141 Å². The summed E-state index contributed by atoms with van der Waals surface area (Å²) in [6.07, 6.45) is -0.847. The standard InChI is InChI=1S/C17H14F2N4O2/c18-16(19)14-7-12(9-4-5-9)21-15-8-13(22-23(14)15)17(25)20-10-2-1-3-11(24)6-10/h1-3,6-9,16,24H,4-5H2,(H,20,25). The topological polar surface area (TPSA) is 79.5 Å². The van der Waals surface area contributed by atoms with E-state index in [0.717, 1.165) is 17.4 Å². The number of fused-ring (bicyclic) bond motifs is 1. The highest BCUT2D eigenvalue weighted by Crippen LogP contribution is 2.40. The lowest BCUT2D eigenvalue weighted by atomic mass is 10.2. The molecule has 2 heterocycles. The smallest absolute Gasteiger partial charge is 0.280 e. The van der Waals surface area contributed by atoms with Crippen molar-refractivity contribution in [3.63, 3.8) is 0 Å². The van der Waals surface area contributed by atoms with E-state index in [0.29, 0.717) is 11.4 Å². The van der Waals surface area contributed by atoms with Gasteiger partial charge in [0.2, 0.25) is 0 Å². The number of aromatic hydroxyl groups is 1. The van der Waals surface area contributed by atoms with Crippen molar-refractivity contribution in [1.82, 2.24) is 14.6 Å². The summed E-state index contributed by atoms with van der Waals surface area (Å²) >= 11 is 0. The Morgan fingerprint density at radius 2 is 2.08 bits per heavy atom. The molecule has 2 aromatic heterocycles. The second-order valence-corrected chi connectivity index (χ2v) is 5.98. The van der Waals surface area contributed by atoms with Crippen LogP contribution in [-0.2, 0) is 0 Å². The Bertz CT molecular complexity index is 966. The van der Waals surface area contributed by atoms with Gasteiger partial charge in [0.15, 0.2) is 11.3 Å². The number of rotatable bonds is 4. The zero-order valence-electron chi connectivity index (χ0n) is 13.0. The average Bonchev–Trinajstić information content (AvgIpc) is 3.32. The van der Waals surface area contributed by atoms with E-state index >= 15 is 0 Å². The average molecular weight is 344 g/mol. The summed E-state index contributed by atoms with van der Waals surface area (Å²) < 4.78 is 27.7. The maximum absolute atomic E-state index is 13.3. The third kappa shape index (κ3) is 3.02. The van der Waals surface area contributed by atoms with E-state index < -0.39 is 12.3 Å².